The summed E-state index contributed by atoms with van der Waals surface area (Å²) in [5, 5.41) is 0. The fourth-order valence-electron chi connectivity index (χ4n) is 10.3. The summed E-state index contributed by atoms with van der Waals surface area (Å²) in [6.07, 6.45) is 100. The van der Waals surface area contributed by atoms with E-state index in [1.165, 1.54) is 193 Å². The van der Waals surface area contributed by atoms with Gasteiger partial charge in [-0.2, -0.15) is 0 Å². The molecule has 2 atom stereocenters. The standard InChI is InChI=1S/C80H140NO8P/c1-6-8-10-12-14-16-18-20-22-24-26-28-30-32-34-36-38-39-40-41-43-44-46-48-50-52-54-56-58-60-62-64-66-68-70-72-79(82)86-76-78(77-88-90(84,85)87-75-74-81(3,4)5)89-80(83)73-71-69-67-65-63-61-59-57-55-53-51-49-47-45-42-37-35-33-31-29-27-25-23-21-19-17-15-13-11-9-7-2/h9,11,15,17,21,23-24,26-27,29,33,35,42,45,49,51,55,57,61,63,78H,6-8,10,12-14,16,18-20,22,25,28,30-32,34,36-41,43-44,46-48,50,52-54,56,58-60,62,64-77H2,1-5H3/p+1/b11-9-,17-15-,23-21-,26-24-,29-27-,35-33-,45-42-,51-49-,57-55-,63-61-. The highest BCUT2D eigenvalue weighted by Gasteiger charge is 2.27. The molecule has 0 amide bonds. The molecule has 0 aliphatic heterocycles. The summed E-state index contributed by atoms with van der Waals surface area (Å²) in [5.41, 5.74) is 0. The van der Waals surface area contributed by atoms with Crippen LogP contribution >= 0.6 is 7.82 Å². The smallest absolute Gasteiger partial charge is 0.462 e. The SMILES string of the molecule is CC/C=C\C/C=C\C/C=C\C/C=C\C/C=C\C/C=C\C/C=C\C/C=C\C/C=C\CCCCCC(=O)OC(COC(=O)CCCCCCCCCCCCCCCCCCCCCCCCC/C=C\CCCCCCCCCC)COP(=O)(O)OCC[N+](C)(C)C. The van der Waals surface area contributed by atoms with E-state index in [1.807, 2.05) is 21.1 Å². The molecule has 0 aromatic heterocycles. The van der Waals surface area contributed by atoms with E-state index < -0.39 is 26.5 Å². The lowest BCUT2D eigenvalue weighted by Gasteiger charge is -2.24. The zero-order chi connectivity index (χ0) is 65.5. The Labute approximate surface area is 556 Å². The number of ether oxygens (including phenoxy) is 2. The topological polar surface area (TPSA) is 108 Å². The second-order valence-corrected chi connectivity index (χ2v) is 27.4. The van der Waals surface area contributed by atoms with E-state index >= 15 is 0 Å². The highest BCUT2D eigenvalue weighted by Crippen LogP contribution is 2.43. The second kappa shape index (κ2) is 69.7. The molecule has 0 radical (unpaired) electrons. The van der Waals surface area contributed by atoms with E-state index in [-0.39, 0.29) is 32.0 Å². The minimum Gasteiger partial charge on any atom is -0.462 e. The third-order valence-electron chi connectivity index (χ3n) is 16.0. The van der Waals surface area contributed by atoms with Gasteiger partial charge < -0.3 is 18.9 Å². The zero-order valence-corrected chi connectivity index (χ0v) is 60.0. The van der Waals surface area contributed by atoms with Gasteiger partial charge in [0.2, 0.25) is 0 Å². The molecule has 90 heavy (non-hydrogen) atoms. The van der Waals surface area contributed by atoms with Crippen molar-refractivity contribution in [3.05, 3.63) is 122 Å². The molecule has 0 bridgehead atoms. The first kappa shape index (κ1) is 86.4. The van der Waals surface area contributed by atoms with Crippen LogP contribution in [0.4, 0.5) is 0 Å². The van der Waals surface area contributed by atoms with Gasteiger partial charge in [-0.25, -0.2) is 4.57 Å². The van der Waals surface area contributed by atoms with E-state index in [4.69, 9.17) is 18.5 Å². The van der Waals surface area contributed by atoms with Gasteiger partial charge in [0.15, 0.2) is 6.10 Å². The van der Waals surface area contributed by atoms with Crippen molar-refractivity contribution in [1.29, 1.82) is 0 Å². The number of allylic oxidation sites excluding steroid dienone is 20. The Balaban J connectivity index is 4.08. The van der Waals surface area contributed by atoms with Gasteiger partial charge in [-0.3, -0.25) is 18.6 Å². The molecule has 0 aromatic rings. The molecule has 0 aliphatic rings. The Kier molecular flexibility index (Phi) is 67.0. The number of quaternary nitrogens is 1. The van der Waals surface area contributed by atoms with Crippen molar-refractivity contribution in [3.63, 3.8) is 0 Å². The van der Waals surface area contributed by atoms with Crippen molar-refractivity contribution < 1.29 is 42.1 Å². The number of phosphoric ester groups is 1. The monoisotopic (exact) mass is 1280 g/mol. The van der Waals surface area contributed by atoms with Gasteiger partial charge in [-0.15, -0.1) is 0 Å². The van der Waals surface area contributed by atoms with E-state index in [9.17, 15) is 19.0 Å². The van der Waals surface area contributed by atoms with E-state index in [2.05, 4.69) is 135 Å². The number of hydrogen-bond acceptors (Lipinski definition) is 7. The maximum atomic E-state index is 12.9. The van der Waals surface area contributed by atoms with Crippen LogP contribution in [0.5, 0.6) is 0 Å². The maximum absolute atomic E-state index is 12.9. The summed E-state index contributed by atoms with van der Waals surface area (Å²) < 4.78 is 34.7. The molecule has 10 heteroatoms. The average molecular weight is 1280 g/mol. The van der Waals surface area contributed by atoms with Crippen LogP contribution < -0.4 is 0 Å². The van der Waals surface area contributed by atoms with Crippen LogP contribution in [0.25, 0.3) is 0 Å². The lowest BCUT2D eigenvalue weighted by Crippen LogP contribution is -2.37. The molecule has 0 fully saturated rings. The Morgan fingerprint density at radius 3 is 0.967 bits per heavy atom. The number of phosphoric acid groups is 1. The van der Waals surface area contributed by atoms with Crippen LogP contribution in [0.15, 0.2) is 122 Å². The molecule has 0 rings (SSSR count). The zero-order valence-electron chi connectivity index (χ0n) is 59.1. The van der Waals surface area contributed by atoms with Crippen molar-refractivity contribution in [3.8, 4) is 0 Å². The summed E-state index contributed by atoms with van der Waals surface area (Å²) >= 11 is 0. The number of unbranched alkanes of at least 4 members (excludes halogenated alkanes) is 34. The lowest BCUT2D eigenvalue weighted by atomic mass is 10.0. The van der Waals surface area contributed by atoms with Gasteiger partial charge in [0.25, 0.3) is 0 Å². The molecular weight excluding hydrogens is 1130 g/mol. The van der Waals surface area contributed by atoms with Gasteiger partial charge in [0.05, 0.1) is 27.7 Å². The first-order valence-corrected chi connectivity index (χ1v) is 38.8. The number of carbonyl (C=O) groups excluding carboxylic acids is 2. The predicted molar refractivity (Wildman–Crippen MR) is 390 cm³/mol. The molecule has 0 heterocycles. The molecule has 518 valence electrons. The van der Waals surface area contributed by atoms with Crippen molar-refractivity contribution in [2.75, 3.05) is 47.5 Å². The fraction of sp³-hybridized carbons (Fsp3) is 0.725. The number of rotatable bonds is 68. The fourth-order valence-corrected chi connectivity index (χ4v) is 11.0. The van der Waals surface area contributed by atoms with Gasteiger partial charge in [-0.1, -0.05) is 322 Å². The third-order valence-corrected chi connectivity index (χ3v) is 17.0. The maximum Gasteiger partial charge on any atom is 0.472 e. The van der Waals surface area contributed by atoms with Gasteiger partial charge >= 0.3 is 19.8 Å². The molecule has 0 saturated heterocycles. The molecule has 0 aromatic carbocycles. The van der Waals surface area contributed by atoms with Crippen LogP contribution in [-0.2, 0) is 32.7 Å². The van der Waals surface area contributed by atoms with E-state index in [1.54, 1.807) is 0 Å². The van der Waals surface area contributed by atoms with Crippen LogP contribution in [0.1, 0.15) is 322 Å². The number of hydrogen-bond donors (Lipinski definition) is 1. The molecule has 1 N–H and O–H groups in total. The Morgan fingerprint density at radius 1 is 0.356 bits per heavy atom. The van der Waals surface area contributed by atoms with Crippen LogP contribution in [0.2, 0.25) is 0 Å². The number of carbonyl (C=O) groups is 2. The molecule has 9 nitrogen and oxygen atoms in total. The normalized spacial score (nSPS) is 13.8. The minimum absolute atomic E-state index is 0.0198. The predicted octanol–water partition coefficient (Wildman–Crippen LogP) is 24.6. The van der Waals surface area contributed by atoms with Crippen LogP contribution in [0, 0.1) is 0 Å². The van der Waals surface area contributed by atoms with E-state index in [0.717, 1.165) is 96.3 Å². The number of likely N-dealkylation sites (N-methyl/N-ethyl adjacent to an activating group) is 1. The highest BCUT2D eigenvalue weighted by atomic mass is 31.2. The molecule has 0 saturated carbocycles. The molecule has 2 unspecified atom stereocenters. The Hall–Kier alpha value is -3.59. The summed E-state index contributed by atoms with van der Waals surface area (Å²) in [6, 6.07) is 0. The van der Waals surface area contributed by atoms with Crippen molar-refractivity contribution in [2.24, 2.45) is 0 Å². The van der Waals surface area contributed by atoms with Gasteiger partial charge in [0.1, 0.15) is 19.8 Å². The highest BCUT2D eigenvalue weighted by molar-refractivity contribution is 7.47. The summed E-state index contributed by atoms with van der Waals surface area (Å²) in [5.74, 6) is -0.832. The Bertz CT molecular complexity index is 1940. The first-order chi connectivity index (χ1) is 44.0. The van der Waals surface area contributed by atoms with Crippen molar-refractivity contribution >= 4 is 19.8 Å². The van der Waals surface area contributed by atoms with Crippen molar-refractivity contribution in [1.82, 2.24) is 0 Å². The molecular formula is C80H141NO8P+. The van der Waals surface area contributed by atoms with Gasteiger partial charge in [0, 0.05) is 12.8 Å². The Morgan fingerprint density at radius 2 is 0.633 bits per heavy atom. The minimum atomic E-state index is -4.41. The average Bonchev–Trinajstić information content (AvgIpc) is 3.58. The quantitative estimate of drug-likeness (QED) is 0.0211. The lowest BCUT2D eigenvalue weighted by molar-refractivity contribution is -0.870. The molecule has 0 spiro atoms. The summed E-state index contributed by atoms with van der Waals surface area (Å²) in [7, 11) is 1.45. The summed E-state index contributed by atoms with van der Waals surface area (Å²) in [6.45, 7) is 4.30. The largest absolute Gasteiger partial charge is 0.472 e. The van der Waals surface area contributed by atoms with Gasteiger partial charge in [-0.05, 0) is 109 Å². The first-order valence-electron chi connectivity index (χ1n) is 37.3. The number of nitrogens with zero attached hydrogens (tertiary/aromatic N) is 1. The van der Waals surface area contributed by atoms with Crippen LogP contribution in [-0.4, -0.2) is 74.9 Å². The van der Waals surface area contributed by atoms with Crippen LogP contribution in [0.3, 0.4) is 0 Å². The second-order valence-electron chi connectivity index (χ2n) is 25.9. The summed E-state index contributed by atoms with van der Waals surface area (Å²) in [4.78, 5) is 35.9. The van der Waals surface area contributed by atoms with Crippen molar-refractivity contribution in [2.45, 2.75) is 328 Å². The molecule has 0 aliphatic carbocycles. The van der Waals surface area contributed by atoms with E-state index in [0.29, 0.717) is 17.4 Å². The third kappa shape index (κ3) is 73.5. The number of esters is 2.